The van der Waals surface area contributed by atoms with Crippen LogP contribution in [0.3, 0.4) is 0 Å². The van der Waals surface area contributed by atoms with Crippen LogP contribution in [0.4, 0.5) is 5.69 Å². The van der Waals surface area contributed by atoms with E-state index >= 15 is 0 Å². The summed E-state index contributed by atoms with van der Waals surface area (Å²) >= 11 is 0. The highest BCUT2D eigenvalue weighted by molar-refractivity contribution is 5.98. The molecular formula is C15H23ClN2O3. The molecule has 0 bridgehead atoms. The number of rotatable bonds is 6. The van der Waals surface area contributed by atoms with Crippen LogP contribution in [-0.4, -0.2) is 31.8 Å². The van der Waals surface area contributed by atoms with Gasteiger partial charge in [0.05, 0.1) is 12.1 Å². The number of nitrogens with one attached hydrogen (secondary N) is 1. The Bertz CT molecular complexity index is 462. The third kappa shape index (κ3) is 4.88. The largest absolute Gasteiger partial charge is 0.491 e. The van der Waals surface area contributed by atoms with Crippen LogP contribution in [0.15, 0.2) is 24.3 Å². The fourth-order valence-electron chi connectivity index (χ4n) is 2.40. The molecule has 1 saturated carbocycles. The van der Waals surface area contributed by atoms with Gasteiger partial charge in [0, 0.05) is 18.9 Å². The number of carbonyl (C=O) groups is 1. The molecule has 0 saturated heterocycles. The number of benzene rings is 1. The summed E-state index contributed by atoms with van der Waals surface area (Å²) in [6, 6.07) is 7.32. The summed E-state index contributed by atoms with van der Waals surface area (Å²) in [7, 11) is 1.63. The van der Waals surface area contributed by atoms with Gasteiger partial charge in [-0.1, -0.05) is 18.9 Å². The Morgan fingerprint density at radius 1 is 1.33 bits per heavy atom. The second-order valence-electron chi connectivity index (χ2n) is 5.19. The fourth-order valence-corrected chi connectivity index (χ4v) is 2.40. The number of anilines is 1. The molecule has 2 rings (SSSR count). The quantitative estimate of drug-likeness (QED) is 0.790. The van der Waals surface area contributed by atoms with Gasteiger partial charge < -0.3 is 20.5 Å². The highest BCUT2D eigenvalue weighted by Crippen LogP contribution is 2.28. The number of halogens is 1. The highest BCUT2D eigenvalue weighted by Gasteiger charge is 2.36. The molecule has 0 atom stereocenters. The van der Waals surface area contributed by atoms with E-state index in [2.05, 4.69) is 5.32 Å². The molecular weight excluding hydrogens is 292 g/mol. The number of ether oxygens (including phenoxy) is 2. The molecule has 6 heteroatoms. The smallest absolute Gasteiger partial charge is 0.244 e. The number of carbonyl (C=O) groups excluding carboxylic acids is 1. The van der Waals surface area contributed by atoms with Crippen molar-refractivity contribution < 1.29 is 14.3 Å². The lowest BCUT2D eigenvalue weighted by Crippen LogP contribution is -2.48. The Morgan fingerprint density at radius 2 is 2.05 bits per heavy atom. The van der Waals surface area contributed by atoms with Crippen molar-refractivity contribution in [2.45, 2.75) is 31.2 Å². The van der Waals surface area contributed by atoms with Crippen LogP contribution in [0, 0.1) is 0 Å². The Balaban J connectivity index is 0.00000220. The lowest BCUT2D eigenvalue weighted by molar-refractivity contribution is -0.121. The fraction of sp³-hybridized carbons (Fsp3) is 0.533. The first-order valence-electron chi connectivity index (χ1n) is 6.96. The summed E-state index contributed by atoms with van der Waals surface area (Å²) in [6.45, 7) is 1.01. The number of hydrogen-bond donors (Lipinski definition) is 2. The number of hydrogen-bond acceptors (Lipinski definition) is 4. The van der Waals surface area contributed by atoms with Crippen LogP contribution in [-0.2, 0) is 9.53 Å². The van der Waals surface area contributed by atoms with E-state index in [1.807, 2.05) is 18.2 Å². The van der Waals surface area contributed by atoms with E-state index in [1.54, 1.807) is 13.2 Å². The molecule has 1 aliphatic rings. The van der Waals surface area contributed by atoms with Crippen LogP contribution >= 0.6 is 12.4 Å². The van der Waals surface area contributed by atoms with Crippen LogP contribution in [0.25, 0.3) is 0 Å². The maximum absolute atomic E-state index is 12.2. The third-order valence-electron chi connectivity index (χ3n) is 3.60. The van der Waals surface area contributed by atoms with Gasteiger partial charge in [0.2, 0.25) is 5.91 Å². The molecule has 118 valence electrons. The van der Waals surface area contributed by atoms with Crippen molar-refractivity contribution in [3.63, 3.8) is 0 Å². The molecule has 1 aromatic carbocycles. The first kappa shape index (κ1) is 17.8. The van der Waals surface area contributed by atoms with E-state index in [1.165, 1.54) is 0 Å². The average Bonchev–Trinajstić information content (AvgIpc) is 2.88. The average molecular weight is 315 g/mol. The molecule has 0 aromatic heterocycles. The molecule has 1 aliphatic carbocycles. The van der Waals surface area contributed by atoms with E-state index in [0.29, 0.717) is 24.7 Å². The highest BCUT2D eigenvalue weighted by atomic mass is 35.5. The lowest BCUT2D eigenvalue weighted by atomic mass is 9.98. The molecule has 1 fully saturated rings. The molecule has 0 unspecified atom stereocenters. The zero-order valence-electron chi connectivity index (χ0n) is 12.3. The van der Waals surface area contributed by atoms with Gasteiger partial charge in [-0.2, -0.15) is 0 Å². The molecule has 0 aliphatic heterocycles. The van der Waals surface area contributed by atoms with E-state index in [0.717, 1.165) is 25.7 Å². The van der Waals surface area contributed by atoms with Gasteiger partial charge >= 0.3 is 0 Å². The van der Waals surface area contributed by atoms with Gasteiger partial charge in [-0.25, -0.2) is 0 Å². The maximum atomic E-state index is 12.2. The van der Waals surface area contributed by atoms with Crippen molar-refractivity contribution in [2.75, 3.05) is 25.6 Å². The molecule has 21 heavy (non-hydrogen) atoms. The van der Waals surface area contributed by atoms with E-state index < -0.39 is 5.54 Å². The second kappa shape index (κ2) is 8.22. The lowest BCUT2D eigenvalue weighted by Gasteiger charge is -2.22. The predicted octanol–water partition coefficient (Wildman–Crippen LogP) is 2.34. The predicted molar refractivity (Wildman–Crippen MR) is 85.1 cm³/mol. The summed E-state index contributed by atoms with van der Waals surface area (Å²) < 4.78 is 10.4. The Hall–Kier alpha value is -1.30. The van der Waals surface area contributed by atoms with Crippen molar-refractivity contribution in [1.82, 2.24) is 0 Å². The standard InChI is InChI=1S/C15H22N2O3.ClH/c1-19-9-10-20-13-6-4-5-12(11-13)17-14(18)15(16)7-2-3-8-15;/h4-6,11H,2-3,7-10,16H2,1H3,(H,17,18);1H. The van der Waals surface area contributed by atoms with Crippen LogP contribution in [0.2, 0.25) is 0 Å². The van der Waals surface area contributed by atoms with Crippen molar-refractivity contribution in [3.8, 4) is 5.75 Å². The maximum Gasteiger partial charge on any atom is 0.244 e. The van der Waals surface area contributed by atoms with Crippen LogP contribution in [0.5, 0.6) is 5.75 Å². The Labute approximate surface area is 131 Å². The second-order valence-corrected chi connectivity index (χ2v) is 5.19. The number of nitrogens with two attached hydrogens (primary N) is 1. The van der Waals surface area contributed by atoms with E-state index in [4.69, 9.17) is 15.2 Å². The van der Waals surface area contributed by atoms with Crippen molar-refractivity contribution in [3.05, 3.63) is 24.3 Å². The van der Waals surface area contributed by atoms with Gasteiger partial charge in [0.1, 0.15) is 12.4 Å². The zero-order chi connectivity index (χ0) is 14.4. The molecule has 0 spiro atoms. The van der Waals surface area contributed by atoms with Crippen LogP contribution < -0.4 is 15.8 Å². The minimum absolute atomic E-state index is 0. The molecule has 0 heterocycles. The topological polar surface area (TPSA) is 73.6 Å². The monoisotopic (exact) mass is 314 g/mol. The minimum atomic E-state index is -0.715. The van der Waals surface area contributed by atoms with E-state index in [-0.39, 0.29) is 18.3 Å². The first-order chi connectivity index (χ1) is 9.64. The summed E-state index contributed by atoms with van der Waals surface area (Å²) in [5.41, 5.74) is 6.12. The number of methoxy groups -OCH3 is 1. The SMILES string of the molecule is COCCOc1cccc(NC(=O)C2(N)CCCC2)c1.Cl. The molecule has 0 radical (unpaired) electrons. The van der Waals surface area contributed by atoms with Gasteiger partial charge in [-0.15, -0.1) is 12.4 Å². The minimum Gasteiger partial charge on any atom is -0.491 e. The summed E-state index contributed by atoms with van der Waals surface area (Å²) in [4.78, 5) is 12.2. The van der Waals surface area contributed by atoms with Gasteiger partial charge in [-0.3, -0.25) is 4.79 Å². The first-order valence-corrected chi connectivity index (χ1v) is 6.96. The summed E-state index contributed by atoms with van der Waals surface area (Å²) in [6.07, 6.45) is 3.54. The van der Waals surface area contributed by atoms with E-state index in [9.17, 15) is 4.79 Å². The summed E-state index contributed by atoms with van der Waals surface area (Å²) in [5.74, 6) is 0.599. The molecule has 1 amide bonds. The zero-order valence-corrected chi connectivity index (χ0v) is 13.1. The molecule has 3 N–H and O–H groups in total. The van der Waals surface area contributed by atoms with Crippen molar-refractivity contribution in [2.24, 2.45) is 5.73 Å². The Morgan fingerprint density at radius 3 is 2.71 bits per heavy atom. The third-order valence-corrected chi connectivity index (χ3v) is 3.60. The van der Waals surface area contributed by atoms with Crippen molar-refractivity contribution in [1.29, 1.82) is 0 Å². The summed E-state index contributed by atoms with van der Waals surface area (Å²) in [5, 5.41) is 2.88. The molecule has 5 nitrogen and oxygen atoms in total. The Kier molecular flexibility index (Phi) is 6.95. The van der Waals surface area contributed by atoms with Crippen LogP contribution in [0.1, 0.15) is 25.7 Å². The van der Waals surface area contributed by atoms with Gasteiger partial charge in [0.15, 0.2) is 0 Å². The normalized spacial score (nSPS) is 16.1. The van der Waals surface area contributed by atoms with Gasteiger partial charge in [0.25, 0.3) is 0 Å². The molecule has 1 aromatic rings. The van der Waals surface area contributed by atoms with Crippen molar-refractivity contribution >= 4 is 24.0 Å². The van der Waals surface area contributed by atoms with Gasteiger partial charge in [-0.05, 0) is 25.0 Å². The number of amides is 1.